The molecule has 5 nitrogen and oxygen atoms in total. The third-order valence-corrected chi connectivity index (χ3v) is 3.48. The molecule has 0 radical (unpaired) electrons. The van der Waals surface area contributed by atoms with Crippen LogP contribution in [0.5, 0.6) is 11.5 Å². The van der Waals surface area contributed by atoms with E-state index in [9.17, 15) is 4.79 Å². The summed E-state index contributed by atoms with van der Waals surface area (Å²) in [5.41, 5.74) is 0.730. The number of esters is 1. The van der Waals surface area contributed by atoms with Crippen molar-refractivity contribution >= 4 is 29.2 Å². The molecule has 0 aliphatic heterocycles. The number of nitrogens with zero attached hydrogens (tertiary/aromatic N) is 1. The zero-order valence-corrected chi connectivity index (χ0v) is 14.1. The molecule has 7 heteroatoms. The van der Waals surface area contributed by atoms with Crippen LogP contribution in [-0.4, -0.2) is 24.7 Å². The molecule has 122 valence electrons. The van der Waals surface area contributed by atoms with Crippen molar-refractivity contribution in [2.24, 2.45) is 0 Å². The van der Waals surface area contributed by atoms with Gasteiger partial charge in [-0.2, -0.15) is 0 Å². The van der Waals surface area contributed by atoms with E-state index in [4.69, 9.17) is 37.4 Å². The Morgan fingerprint density at radius 3 is 2.65 bits per heavy atom. The van der Waals surface area contributed by atoms with Crippen LogP contribution < -0.4 is 9.47 Å². The highest BCUT2D eigenvalue weighted by molar-refractivity contribution is 6.32. The Morgan fingerprint density at radius 1 is 1.17 bits per heavy atom. The van der Waals surface area contributed by atoms with Gasteiger partial charge in [-0.25, -0.2) is 9.78 Å². The first-order valence-corrected chi connectivity index (χ1v) is 7.59. The van der Waals surface area contributed by atoms with Crippen LogP contribution >= 0.6 is 23.2 Å². The molecule has 0 spiro atoms. The molecule has 0 amide bonds. The first-order valence-electron chi connectivity index (χ1n) is 6.84. The SMILES string of the molecule is CCOc1ccc(C(=O)OCc2nc(Cl)ccc2Cl)cc1OC. The van der Waals surface area contributed by atoms with Crippen LogP contribution in [0, 0.1) is 0 Å². The standard InChI is InChI=1S/C16H15Cl2NO4/c1-3-22-13-6-4-10(8-14(13)21-2)16(20)23-9-12-11(17)5-7-15(18)19-12/h4-8H,3,9H2,1-2H3. The van der Waals surface area contributed by atoms with Gasteiger partial charge in [0.05, 0.1) is 30.0 Å². The van der Waals surface area contributed by atoms with Gasteiger partial charge in [-0.1, -0.05) is 23.2 Å². The maximum atomic E-state index is 12.1. The predicted molar refractivity (Wildman–Crippen MR) is 87.5 cm³/mol. The van der Waals surface area contributed by atoms with Crippen molar-refractivity contribution in [3.8, 4) is 11.5 Å². The fourth-order valence-corrected chi connectivity index (χ4v) is 2.17. The Labute approximate surface area is 144 Å². The number of benzene rings is 1. The lowest BCUT2D eigenvalue weighted by atomic mass is 10.2. The van der Waals surface area contributed by atoms with E-state index in [2.05, 4.69) is 4.98 Å². The monoisotopic (exact) mass is 355 g/mol. The van der Waals surface area contributed by atoms with E-state index < -0.39 is 5.97 Å². The van der Waals surface area contributed by atoms with Crippen molar-refractivity contribution < 1.29 is 19.0 Å². The average Bonchev–Trinajstić information content (AvgIpc) is 2.56. The van der Waals surface area contributed by atoms with Crippen molar-refractivity contribution in [3.05, 3.63) is 51.8 Å². The Bertz CT molecular complexity index is 706. The van der Waals surface area contributed by atoms with E-state index in [0.717, 1.165) is 0 Å². The van der Waals surface area contributed by atoms with Gasteiger partial charge in [-0.15, -0.1) is 0 Å². The highest BCUT2D eigenvalue weighted by atomic mass is 35.5. The number of halogens is 2. The first kappa shape index (κ1) is 17.4. The fraction of sp³-hybridized carbons (Fsp3) is 0.250. The van der Waals surface area contributed by atoms with Crippen LogP contribution in [0.15, 0.2) is 30.3 Å². The third-order valence-electron chi connectivity index (χ3n) is 2.92. The van der Waals surface area contributed by atoms with Crippen molar-refractivity contribution in [2.75, 3.05) is 13.7 Å². The lowest BCUT2D eigenvalue weighted by molar-refractivity contribution is 0.0467. The van der Waals surface area contributed by atoms with Crippen LogP contribution in [0.4, 0.5) is 0 Å². The minimum atomic E-state index is -0.524. The molecule has 23 heavy (non-hydrogen) atoms. The number of pyridine rings is 1. The third kappa shape index (κ3) is 4.50. The summed E-state index contributed by atoms with van der Waals surface area (Å²) in [7, 11) is 1.50. The molecular weight excluding hydrogens is 341 g/mol. The molecule has 2 aromatic rings. The summed E-state index contributed by atoms with van der Waals surface area (Å²) < 4.78 is 15.8. The molecule has 0 aliphatic carbocycles. The van der Waals surface area contributed by atoms with Crippen LogP contribution in [-0.2, 0) is 11.3 Å². The number of carbonyl (C=O) groups excluding carboxylic acids is 1. The van der Waals surface area contributed by atoms with Gasteiger partial charge in [-0.05, 0) is 37.3 Å². The van der Waals surface area contributed by atoms with Crippen molar-refractivity contribution in [1.82, 2.24) is 4.98 Å². The predicted octanol–water partition coefficient (Wildman–Crippen LogP) is 4.15. The number of hydrogen-bond acceptors (Lipinski definition) is 5. The van der Waals surface area contributed by atoms with Gasteiger partial charge in [0.15, 0.2) is 11.5 Å². The van der Waals surface area contributed by atoms with E-state index >= 15 is 0 Å². The van der Waals surface area contributed by atoms with E-state index in [1.165, 1.54) is 7.11 Å². The van der Waals surface area contributed by atoms with E-state index in [0.29, 0.717) is 34.4 Å². The van der Waals surface area contributed by atoms with Crippen LogP contribution in [0.3, 0.4) is 0 Å². The second kappa shape index (κ2) is 8.04. The van der Waals surface area contributed by atoms with Crippen LogP contribution in [0.25, 0.3) is 0 Å². The molecule has 1 heterocycles. The van der Waals surface area contributed by atoms with Gasteiger partial charge in [0, 0.05) is 0 Å². The summed E-state index contributed by atoms with van der Waals surface area (Å²) in [6.45, 7) is 2.29. The zero-order chi connectivity index (χ0) is 16.8. The Kier molecular flexibility index (Phi) is 6.07. The normalized spacial score (nSPS) is 10.3. The second-order valence-corrected chi connectivity index (χ2v) is 5.23. The van der Waals surface area contributed by atoms with E-state index in [1.807, 2.05) is 6.92 Å². The molecule has 1 aromatic heterocycles. The molecule has 0 N–H and O–H groups in total. The molecule has 2 rings (SSSR count). The maximum absolute atomic E-state index is 12.1. The molecule has 0 atom stereocenters. The highest BCUT2D eigenvalue weighted by Gasteiger charge is 2.13. The molecule has 0 unspecified atom stereocenters. The van der Waals surface area contributed by atoms with Gasteiger partial charge < -0.3 is 14.2 Å². The summed E-state index contributed by atoms with van der Waals surface area (Å²) in [5, 5.41) is 0.662. The highest BCUT2D eigenvalue weighted by Crippen LogP contribution is 2.28. The zero-order valence-electron chi connectivity index (χ0n) is 12.6. The topological polar surface area (TPSA) is 57.7 Å². The lowest BCUT2D eigenvalue weighted by Crippen LogP contribution is -2.07. The molecule has 0 fully saturated rings. The minimum Gasteiger partial charge on any atom is -0.493 e. The Morgan fingerprint density at radius 2 is 1.96 bits per heavy atom. The summed E-state index contributed by atoms with van der Waals surface area (Å²) in [5.74, 6) is 0.496. The summed E-state index contributed by atoms with van der Waals surface area (Å²) >= 11 is 11.8. The van der Waals surface area contributed by atoms with Crippen molar-refractivity contribution in [1.29, 1.82) is 0 Å². The summed E-state index contributed by atoms with van der Waals surface area (Å²) in [6, 6.07) is 7.97. The molecule has 0 saturated carbocycles. The van der Waals surface area contributed by atoms with E-state index in [-0.39, 0.29) is 11.8 Å². The average molecular weight is 356 g/mol. The first-order chi connectivity index (χ1) is 11.0. The molecule has 0 aliphatic rings. The Hall–Kier alpha value is -1.98. The maximum Gasteiger partial charge on any atom is 0.338 e. The number of ether oxygens (including phenoxy) is 3. The Balaban J connectivity index is 2.10. The van der Waals surface area contributed by atoms with Crippen molar-refractivity contribution in [2.45, 2.75) is 13.5 Å². The van der Waals surface area contributed by atoms with Crippen LogP contribution in [0.2, 0.25) is 10.2 Å². The minimum absolute atomic E-state index is 0.0756. The van der Waals surface area contributed by atoms with Crippen LogP contribution in [0.1, 0.15) is 23.0 Å². The number of carbonyl (C=O) groups is 1. The van der Waals surface area contributed by atoms with Gasteiger partial charge in [0.2, 0.25) is 0 Å². The second-order valence-electron chi connectivity index (χ2n) is 4.44. The number of methoxy groups -OCH3 is 1. The largest absolute Gasteiger partial charge is 0.493 e. The molecule has 1 aromatic carbocycles. The molecule has 0 bridgehead atoms. The number of hydrogen-bond donors (Lipinski definition) is 0. The molecular formula is C16H15Cl2NO4. The number of rotatable bonds is 6. The van der Waals surface area contributed by atoms with Gasteiger partial charge in [0.1, 0.15) is 11.8 Å². The quantitative estimate of drug-likeness (QED) is 0.575. The smallest absolute Gasteiger partial charge is 0.338 e. The van der Waals surface area contributed by atoms with Gasteiger partial charge in [0.25, 0.3) is 0 Å². The fourth-order valence-electron chi connectivity index (χ4n) is 1.85. The summed E-state index contributed by atoms with van der Waals surface area (Å²) in [4.78, 5) is 16.2. The van der Waals surface area contributed by atoms with E-state index in [1.54, 1.807) is 30.3 Å². The molecule has 0 saturated heterocycles. The van der Waals surface area contributed by atoms with Gasteiger partial charge >= 0.3 is 5.97 Å². The summed E-state index contributed by atoms with van der Waals surface area (Å²) in [6.07, 6.45) is 0. The van der Waals surface area contributed by atoms with Crippen molar-refractivity contribution in [3.63, 3.8) is 0 Å². The van der Waals surface area contributed by atoms with Gasteiger partial charge in [-0.3, -0.25) is 0 Å². The number of aromatic nitrogens is 1. The lowest BCUT2D eigenvalue weighted by Gasteiger charge is -2.11.